The molecule has 2 rings (SSSR count). The minimum Gasteiger partial charge on any atom is -0.377 e. The Morgan fingerprint density at radius 1 is 1.07 bits per heavy atom. The molecular weight excluding hydrogens is 186 g/mol. The third-order valence-corrected chi connectivity index (χ3v) is 3.80. The van der Waals surface area contributed by atoms with E-state index in [4.69, 9.17) is 4.74 Å². The van der Waals surface area contributed by atoms with Crippen LogP contribution in [-0.2, 0) is 4.74 Å². The molecule has 1 heterocycles. The first-order valence-corrected chi connectivity index (χ1v) is 6.47. The Hall–Kier alpha value is -0.0800. The second-order valence-electron chi connectivity index (χ2n) is 5.98. The highest BCUT2D eigenvalue weighted by Crippen LogP contribution is 2.32. The van der Waals surface area contributed by atoms with Gasteiger partial charge in [-0.25, -0.2) is 0 Å². The van der Waals surface area contributed by atoms with Crippen molar-refractivity contribution in [2.24, 2.45) is 0 Å². The van der Waals surface area contributed by atoms with Crippen molar-refractivity contribution in [3.63, 3.8) is 0 Å². The van der Waals surface area contributed by atoms with Gasteiger partial charge < -0.3 is 4.74 Å². The maximum absolute atomic E-state index is 5.99. The summed E-state index contributed by atoms with van der Waals surface area (Å²) in [6.07, 6.45) is 7.07. The fourth-order valence-corrected chi connectivity index (χ4v) is 3.10. The zero-order chi connectivity index (χ0) is 10.9. The van der Waals surface area contributed by atoms with Crippen LogP contribution in [0.4, 0.5) is 0 Å². The zero-order valence-corrected chi connectivity index (χ0v) is 10.5. The Morgan fingerprint density at radius 3 is 2.53 bits per heavy atom. The van der Waals surface area contributed by atoms with Crippen LogP contribution in [0, 0.1) is 0 Å². The SMILES string of the molecule is CC(C)(C)N1CCCOC2CCCCC21. The highest BCUT2D eigenvalue weighted by molar-refractivity contribution is 4.91. The van der Waals surface area contributed by atoms with E-state index >= 15 is 0 Å². The van der Waals surface area contributed by atoms with Crippen LogP contribution in [0.1, 0.15) is 52.9 Å². The van der Waals surface area contributed by atoms with Crippen molar-refractivity contribution in [2.45, 2.75) is 70.6 Å². The molecule has 1 aliphatic heterocycles. The van der Waals surface area contributed by atoms with E-state index in [9.17, 15) is 0 Å². The molecule has 0 aromatic heterocycles. The second kappa shape index (κ2) is 4.42. The molecule has 2 aliphatic rings. The first kappa shape index (κ1) is 11.4. The Labute approximate surface area is 94.0 Å². The molecule has 0 radical (unpaired) electrons. The normalized spacial score (nSPS) is 34.6. The van der Waals surface area contributed by atoms with Crippen molar-refractivity contribution in [1.29, 1.82) is 0 Å². The average Bonchev–Trinajstić information content (AvgIpc) is 2.38. The van der Waals surface area contributed by atoms with Gasteiger partial charge in [0.2, 0.25) is 0 Å². The maximum atomic E-state index is 5.99. The summed E-state index contributed by atoms with van der Waals surface area (Å²) >= 11 is 0. The summed E-state index contributed by atoms with van der Waals surface area (Å²) in [6.45, 7) is 9.19. The van der Waals surface area contributed by atoms with Gasteiger partial charge >= 0.3 is 0 Å². The standard InChI is InChI=1S/C13H25NO/c1-13(2,3)14-9-6-10-15-12-8-5-4-7-11(12)14/h11-12H,4-10H2,1-3H3. The second-order valence-corrected chi connectivity index (χ2v) is 5.98. The molecule has 0 aromatic carbocycles. The molecule has 0 bridgehead atoms. The Bertz CT molecular complexity index is 209. The van der Waals surface area contributed by atoms with Crippen molar-refractivity contribution >= 4 is 0 Å². The Kier molecular flexibility index (Phi) is 3.36. The van der Waals surface area contributed by atoms with Gasteiger partial charge in [0.15, 0.2) is 0 Å². The maximum Gasteiger partial charge on any atom is 0.0730 e. The van der Waals surface area contributed by atoms with Crippen molar-refractivity contribution < 1.29 is 4.74 Å². The van der Waals surface area contributed by atoms with Crippen LogP contribution in [0.5, 0.6) is 0 Å². The van der Waals surface area contributed by atoms with E-state index in [0.29, 0.717) is 17.7 Å². The quantitative estimate of drug-likeness (QED) is 0.611. The van der Waals surface area contributed by atoms with Gasteiger partial charge in [0, 0.05) is 24.7 Å². The number of nitrogens with zero attached hydrogens (tertiary/aromatic N) is 1. The molecule has 1 saturated carbocycles. The summed E-state index contributed by atoms with van der Waals surface area (Å²) in [5.74, 6) is 0. The molecular formula is C13H25NO. The van der Waals surface area contributed by atoms with E-state index in [-0.39, 0.29) is 0 Å². The molecule has 2 fully saturated rings. The zero-order valence-electron chi connectivity index (χ0n) is 10.5. The topological polar surface area (TPSA) is 12.5 Å². The lowest BCUT2D eigenvalue weighted by molar-refractivity contribution is -0.0322. The van der Waals surface area contributed by atoms with Gasteiger partial charge in [-0.05, 0) is 40.0 Å². The van der Waals surface area contributed by atoms with Crippen LogP contribution in [0.25, 0.3) is 0 Å². The fraction of sp³-hybridized carbons (Fsp3) is 1.00. The van der Waals surface area contributed by atoms with Crippen LogP contribution in [0.2, 0.25) is 0 Å². The molecule has 1 aliphatic carbocycles. The van der Waals surface area contributed by atoms with Crippen molar-refractivity contribution in [1.82, 2.24) is 4.90 Å². The van der Waals surface area contributed by atoms with Crippen LogP contribution >= 0.6 is 0 Å². The molecule has 0 spiro atoms. The van der Waals surface area contributed by atoms with Gasteiger partial charge in [0.25, 0.3) is 0 Å². The Morgan fingerprint density at radius 2 is 1.80 bits per heavy atom. The highest BCUT2D eigenvalue weighted by atomic mass is 16.5. The first-order chi connectivity index (χ1) is 7.09. The van der Waals surface area contributed by atoms with E-state index in [1.54, 1.807) is 0 Å². The van der Waals surface area contributed by atoms with Gasteiger partial charge in [0.05, 0.1) is 6.10 Å². The Balaban J connectivity index is 2.13. The molecule has 88 valence electrons. The fourth-order valence-electron chi connectivity index (χ4n) is 3.10. The van der Waals surface area contributed by atoms with Crippen molar-refractivity contribution in [2.75, 3.05) is 13.2 Å². The van der Waals surface area contributed by atoms with E-state index in [1.807, 2.05) is 0 Å². The molecule has 2 heteroatoms. The van der Waals surface area contributed by atoms with Gasteiger partial charge in [-0.2, -0.15) is 0 Å². The van der Waals surface area contributed by atoms with E-state index in [1.165, 1.54) is 38.6 Å². The summed E-state index contributed by atoms with van der Waals surface area (Å²) in [5.41, 5.74) is 0.300. The smallest absolute Gasteiger partial charge is 0.0730 e. The highest BCUT2D eigenvalue weighted by Gasteiger charge is 2.37. The summed E-state index contributed by atoms with van der Waals surface area (Å²) < 4.78 is 5.99. The van der Waals surface area contributed by atoms with Crippen LogP contribution < -0.4 is 0 Å². The third-order valence-electron chi connectivity index (χ3n) is 3.80. The van der Waals surface area contributed by atoms with E-state index in [0.717, 1.165) is 6.61 Å². The van der Waals surface area contributed by atoms with Crippen molar-refractivity contribution in [3.8, 4) is 0 Å². The number of fused-ring (bicyclic) bond motifs is 1. The summed E-state index contributed by atoms with van der Waals surface area (Å²) in [7, 11) is 0. The summed E-state index contributed by atoms with van der Waals surface area (Å²) in [6, 6.07) is 0.682. The summed E-state index contributed by atoms with van der Waals surface area (Å²) in [5, 5.41) is 0. The minimum absolute atomic E-state index is 0.300. The van der Waals surface area contributed by atoms with Gasteiger partial charge in [-0.1, -0.05) is 12.8 Å². The van der Waals surface area contributed by atoms with Crippen molar-refractivity contribution in [3.05, 3.63) is 0 Å². The lowest BCUT2D eigenvalue weighted by atomic mass is 9.88. The third kappa shape index (κ3) is 2.54. The van der Waals surface area contributed by atoms with E-state index in [2.05, 4.69) is 25.7 Å². The van der Waals surface area contributed by atoms with Crippen LogP contribution in [-0.4, -0.2) is 35.7 Å². The monoisotopic (exact) mass is 211 g/mol. The van der Waals surface area contributed by atoms with Gasteiger partial charge in [0.1, 0.15) is 0 Å². The lowest BCUT2D eigenvalue weighted by Gasteiger charge is -2.44. The predicted octanol–water partition coefficient (Wildman–Crippen LogP) is 2.82. The van der Waals surface area contributed by atoms with Gasteiger partial charge in [-0.15, -0.1) is 0 Å². The number of hydrogen-bond donors (Lipinski definition) is 0. The molecule has 2 unspecified atom stereocenters. The van der Waals surface area contributed by atoms with Crippen LogP contribution in [0.3, 0.4) is 0 Å². The largest absolute Gasteiger partial charge is 0.377 e. The molecule has 2 nitrogen and oxygen atoms in total. The number of rotatable bonds is 0. The minimum atomic E-state index is 0.300. The lowest BCUT2D eigenvalue weighted by Crippen LogP contribution is -2.53. The molecule has 1 saturated heterocycles. The van der Waals surface area contributed by atoms with Crippen LogP contribution in [0.15, 0.2) is 0 Å². The summed E-state index contributed by atoms with van der Waals surface area (Å²) in [4.78, 5) is 2.68. The predicted molar refractivity (Wildman–Crippen MR) is 63.1 cm³/mol. The van der Waals surface area contributed by atoms with Gasteiger partial charge in [-0.3, -0.25) is 4.90 Å². The average molecular weight is 211 g/mol. The molecule has 0 N–H and O–H groups in total. The first-order valence-electron chi connectivity index (χ1n) is 6.47. The molecule has 2 atom stereocenters. The molecule has 15 heavy (non-hydrogen) atoms. The number of ether oxygens (including phenoxy) is 1. The number of hydrogen-bond acceptors (Lipinski definition) is 2. The molecule has 0 aromatic rings. The van der Waals surface area contributed by atoms with E-state index < -0.39 is 0 Å². The molecule has 0 amide bonds.